The molecule has 3 nitrogen and oxygen atoms in total. The van der Waals surface area contributed by atoms with Gasteiger partial charge in [-0.3, -0.25) is 4.79 Å². The van der Waals surface area contributed by atoms with Gasteiger partial charge in [-0.2, -0.15) is 5.26 Å². The van der Waals surface area contributed by atoms with Gasteiger partial charge in [-0.05, 0) is 12.1 Å². The molecule has 0 atom stereocenters. The van der Waals surface area contributed by atoms with Crippen LogP contribution in [0.5, 0.6) is 0 Å². The van der Waals surface area contributed by atoms with Gasteiger partial charge in [0.05, 0.1) is 11.6 Å². The van der Waals surface area contributed by atoms with Gasteiger partial charge in [-0.1, -0.05) is 6.07 Å². The Bertz CT molecular complexity index is 426. The van der Waals surface area contributed by atoms with Gasteiger partial charge >= 0.3 is 0 Å². The van der Waals surface area contributed by atoms with Crippen LogP contribution in [0.3, 0.4) is 0 Å². The predicted octanol–water partition coefficient (Wildman–Crippen LogP) is 1.56. The molecule has 0 radical (unpaired) electrons. The van der Waals surface area contributed by atoms with Crippen molar-refractivity contribution in [2.45, 2.75) is 0 Å². The maximum atomic E-state index is 13.1. The summed E-state index contributed by atoms with van der Waals surface area (Å²) in [7, 11) is 1.34. The second kappa shape index (κ2) is 4.51. The van der Waals surface area contributed by atoms with Gasteiger partial charge in [-0.25, -0.2) is 8.78 Å². The molecule has 0 bridgehead atoms. The van der Waals surface area contributed by atoms with E-state index in [0.717, 1.165) is 11.0 Å². The third-order valence-corrected chi connectivity index (χ3v) is 1.84. The first kappa shape index (κ1) is 11.1. The second-order valence-corrected chi connectivity index (χ2v) is 2.92. The summed E-state index contributed by atoms with van der Waals surface area (Å²) in [5.74, 6) is -2.98. The summed E-state index contributed by atoms with van der Waals surface area (Å²) in [5.41, 5.74) is -0.368. The Balaban J connectivity index is 3.02. The minimum Gasteiger partial charge on any atom is -0.328 e. The highest BCUT2D eigenvalue weighted by atomic mass is 19.2. The summed E-state index contributed by atoms with van der Waals surface area (Å²) in [4.78, 5) is 12.5. The maximum absolute atomic E-state index is 13.1. The summed E-state index contributed by atoms with van der Waals surface area (Å²) in [6.07, 6.45) is 0. The molecular formula is C10H8F2N2O. The fraction of sp³-hybridized carbons (Fsp3) is 0.200. The van der Waals surface area contributed by atoms with Crippen molar-refractivity contribution in [2.24, 2.45) is 0 Å². The van der Waals surface area contributed by atoms with Gasteiger partial charge in [0.15, 0.2) is 11.6 Å². The van der Waals surface area contributed by atoms with E-state index in [0.29, 0.717) is 0 Å². The molecule has 1 aromatic rings. The molecule has 78 valence electrons. The molecule has 15 heavy (non-hydrogen) atoms. The van der Waals surface area contributed by atoms with Crippen LogP contribution in [0.4, 0.5) is 8.78 Å². The van der Waals surface area contributed by atoms with Crippen LogP contribution >= 0.6 is 0 Å². The molecule has 0 N–H and O–H groups in total. The van der Waals surface area contributed by atoms with E-state index in [-0.39, 0.29) is 12.1 Å². The lowest BCUT2D eigenvalue weighted by atomic mass is 10.2. The maximum Gasteiger partial charge on any atom is 0.257 e. The number of nitrogens with zero attached hydrogens (tertiary/aromatic N) is 2. The van der Waals surface area contributed by atoms with Crippen molar-refractivity contribution in [3.63, 3.8) is 0 Å². The molecule has 1 amide bonds. The third-order valence-electron chi connectivity index (χ3n) is 1.84. The normalized spacial score (nSPS) is 9.47. The van der Waals surface area contributed by atoms with Gasteiger partial charge in [-0.15, -0.1) is 0 Å². The van der Waals surface area contributed by atoms with Crippen LogP contribution in [-0.2, 0) is 0 Å². The second-order valence-electron chi connectivity index (χ2n) is 2.92. The van der Waals surface area contributed by atoms with Gasteiger partial charge in [0.1, 0.15) is 6.54 Å². The van der Waals surface area contributed by atoms with Crippen LogP contribution in [0.1, 0.15) is 10.4 Å². The third kappa shape index (κ3) is 2.29. The first-order valence-electron chi connectivity index (χ1n) is 4.14. The van der Waals surface area contributed by atoms with E-state index in [1.165, 1.54) is 19.2 Å². The van der Waals surface area contributed by atoms with Crippen molar-refractivity contribution in [3.05, 3.63) is 35.4 Å². The number of hydrogen-bond acceptors (Lipinski definition) is 2. The number of carbonyl (C=O) groups is 1. The number of halogens is 2. The summed E-state index contributed by atoms with van der Waals surface area (Å²) in [6, 6.07) is 5.09. The van der Waals surface area contributed by atoms with Crippen LogP contribution in [0.15, 0.2) is 18.2 Å². The van der Waals surface area contributed by atoms with Crippen molar-refractivity contribution < 1.29 is 13.6 Å². The highest BCUT2D eigenvalue weighted by Gasteiger charge is 2.17. The lowest BCUT2D eigenvalue weighted by Crippen LogP contribution is -2.28. The van der Waals surface area contributed by atoms with E-state index in [9.17, 15) is 13.6 Å². The van der Waals surface area contributed by atoms with Gasteiger partial charge in [0.25, 0.3) is 5.91 Å². The summed E-state index contributed by atoms with van der Waals surface area (Å²) >= 11 is 0. The molecule has 0 aliphatic rings. The molecule has 0 saturated heterocycles. The molecule has 0 aromatic heterocycles. The Morgan fingerprint density at radius 2 is 2.20 bits per heavy atom. The van der Waals surface area contributed by atoms with Gasteiger partial charge in [0, 0.05) is 7.05 Å². The Labute approximate surface area is 85.5 Å². The first-order chi connectivity index (χ1) is 7.07. The largest absolute Gasteiger partial charge is 0.328 e. The van der Waals surface area contributed by atoms with Crippen LogP contribution in [0.25, 0.3) is 0 Å². The smallest absolute Gasteiger partial charge is 0.257 e. The van der Waals surface area contributed by atoms with Crippen LogP contribution in [0, 0.1) is 23.0 Å². The van der Waals surface area contributed by atoms with Crippen LogP contribution < -0.4 is 0 Å². The number of hydrogen-bond donors (Lipinski definition) is 0. The fourth-order valence-electron chi connectivity index (χ4n) is 1.05. The van der Waals surface area contributed by atoms with E-state index >= 15 is 0 Å². The molecule has 1 aromatic carbocycles. The first-order valence-corrected chi connectivity index (χ1v) is 4.14. The average Bonchev–Trinajstić information content (AvgIpc) is 2.21. The Morgan fingerprint density at radius 3 is 2.80 bits per heavy atom. The van der Waals surface area contributed by atoms with E-state index in [4.69, 9.17) is 5.26 Å². The van der Waals surface area contributed by atoms with Crippen molar-refractivity contribution >= 4 is 5.91 Å². The standard InChI is InChI=1S/C10H8F2N2O/c1-14(6-5-13)10(15)7-3-2-4-8(11)9(7)12/h2-4H,6H2,1H3. The lowest BCUT2D eigenvalue weighted by molar-refractivity contribution is 0.0806. The molecule has 1 rings (SSSR count). The van der Waals surface area contributed by atoms with E-state index < -0.39 is 17.5 Å². The minimum absolute atomic E-state index is 0.172. The summed E-state index contributed by atoms with van der Waals surface area (Å²) in [5, 5.41) is 8.34. The van der Waals surface area contributed by atoms with Crippen molar-refractivity contribution in [1.29, 1.82) is 5.26 Å². The molecule has 0 aliphatic heterocycles. The molecular weight excluding hydrogens is 202 g/mol. The predicted molar refractivity (Wildman–Crippen MR) is 48.9 cm³/mol. The average molecular weight is 210 g/mol. The molecule has 0 heterocycles. The Hall–Kier alpha value is -1.96. The lowest BCUT2D eigenvalue weighted by Gasteiger charge is -2.13. The SMILES string of the molecule is CN(CC#N)C(=O)c1cccc(F)c1F. The van der Waals surface area contributed by atoms with E-state index in [1.807, 2.05) is 0 Å². The number of rotatable bonds is 2. The Kier molecular flexibility index (Phi) is 3.34. The molecule has 0 unspecified atom stereocenters. The number of carbonyl (C=O) groups excluding carboxylic acids is 1. The fourth-order valence-corrected chi connectivity index (χ4v) is 1.05. The highest BCUT2D eigenvalue weighted by Crippen LogP contribution is 2.12. The minimum atomic E-state index is -1.19. The topological polar surface area (TPSA) is 44.1 Å². The zero-order valence-corrected chi connectivity index (χ0v) is 8.00. The Morgan fingerprint density at radius 1 is 1.53 bits per heavy atom. The summed E-state index contributed by atoms with van der Waals surface area (Å²) in [6.45, 7) is -0.172. The molecule has 0 aliphatic carbocycles. The number of nitriles is 1. The zero-order chi connectivity index (χ0) is 11.4. The number of amides is 1. The molecule has 5 heteroatoms. The van der Waals surface area contributed by atoms with Gasteiger partial charge < -0.3 is 4.90 Å². The van der Waals surface area contributed by atoms with Crippen LogP contribution in [-0.4, -0.2) is 24.4 Å². The molecule has 0 fully saturated rings. The van der Waals surface area contributed by atoms with E-state index in [2.05, 4.69) is 0 Å². The monoisotopic (exact) mass is 210 g/mol. The van der Waals surface area contributed by atoms with Crippen molar-refractivity contribution in [1.82, 2.24) is 4.90 Å². The van der Waals surface area contributed by atoms with E-state index in [1.54, 1.807) is 6.07 Å². The number of benzene rings is 1. The zero-order valence-electron chi connectivity index (χ0n) is 8.00. The van der Waals surface area contributed by atoms with Crippen molar-refractivity contribution in [2.75, 3.05) is 13.6 Å². The molecule has 0 saturated carbocycles. The van der Waals surface area contributed by atoms with Crippen LogP contribution in [0.2, 0.25) is 0 Å². The van der Waals surface area contributed by atoms with Gasteiger partial charge in [0.2, 0.25) is 0 Å². The highest BCUT2D eigenvalue weighted by molar-refractivity contribution is 5.94. The molecule has 0 spiro atoms. The quantitative estimate of drug-likeness (QED) is 0.695. The summed E-state index contributed by atoms with van der Waals surface area (Å²) < 4.78 is 25.9. The van der Waals surface area contributed by atoms with Crippen molar-refractivity contribution in [3.8, 4) is 6.07 Å².